The van der Waals surface area contributed by atoms with Crippen LogP contribution < -0.4 is 4.74 Å². The molecule has 3 nitrogen and oxygen atoms in total. The van der Waals surface area contributed by atoms with Crippen molar-refractivity contribution in [1.82, 2.24) is 4.90 Å². The van der Waals surface area contributed by atoms with E-state index < -0.39 is 0 Å². The molecule has 94 valence electrons. The maximum atomic E-state index is 13.7. The molecule has 1 aromatic rings. The standard InChI is InChI=1S/C13H18FNO2/c1-17-12-5-4-10(13(14)7-12)8-15-6-2-3-11(16)9-15/h4-5,7,11,16H,2-3,6,8-9H2,1H3. The van der Waals surface area contributed by atoms with Gasteiger partial charge in [-0.2, -0.15) is 0 Å². The fourth-order valence-corrected chi connectivity index (χ4v) is 2.20. The number of benzene rings is 1. The van der Waals surface area contributed by atoms with Crippen LogP contribution in [0.15, 0.2) is 18.2 Å². The van der Waals surface area contributed by atoms with Crippen molar-refractivity contribution in [3.63, 3.8) is 0 Å². The second kappa shape index (κ2) is 5.47. The second-order valence-electron chi connectivity index (χ2n) is 4.49. The van der Waals surface area contributed by atoms with Gasteiger partial charge < -0.3 is 9.84 Å². The number of methoxy groups -OCH3 is 1. The Morgan fingerprint density at radius 3 is 3.00 bits per heavy atom. The first-order chi connectivity index (χ1) is 8.19. The van der Waals surface area contributed by atoms with Crippen LogP contribution in [0.5, 0.6) is 5.75 Å². The van der Waals surface area contributed by atoms with Crippen molar-refractivity contribution in [2.75, 3.05) is 20.2 Å². The molecule has 2 rings (SSSR count). The molecule has 0 saturated carbocycles. The van der Waals surface area contributed by atoms with Crippen LogP contribution in [-0.2, 0) is 6.54 Å². The molecule has 1 fully saturated rings. The fourth-order valence-electron chi connectivity index (χ4n) is 2.20. The second-order valence-corrected chi connectivity index (χ2v) is 4.49. The highest BCUT2D eigenvalue weighted by atomic mass is 19.1. The molecule has 0 bridgehead atoms. The maximum absolute atomic E-state index is 13.7. The highest BCUT2D eigenvalue weighted by Crippen LogP contribution is 2.19. The highest BCUT2D eigenvalue weighted by Gasteiger charge is 2.18. The van der Waals surface area contributed by atoms with Gasteiger partial charge >= 0.3 is 0 Å². The Bertz CT molecular complexity index is 384. The summed E-state index contributed by atoms with van der Waals surface area (Å²) < 4.78 is 18.7. The predicted octanol–water partition coefficient (Wildman–Crippen LogP) is 1.79. The van der Waals surface area contributed by atoms with Crippen molar-refractivity contribution >= 4 is 0 Å². The third-order valence-electron chi connectivity index (χ3n) is 3.13. The molecular formula is C13H18FNO2. The normalized spacial score (nSPS) is 21.5. The van der Waals surface area contributed by atoms with Crippen LogP contribution in [0.1, 0.15) is 18.4 Å². The summed E-state index contributed by atoms with van der Waals surface area (Å²) in [5, 5.41) is 9.55. The number of hydrogen-bond donors (Lipinski definition) is 1. The van der Waals surface area contributed by atoms with Gasteiger partial charge in [-0.15, -0.1) is 0 Å². The summed E-state index contributed by atoms with van der Waals surface area (Å²) in [6.07, 6.45) is 1.55. The van der Waals surface area contributed by atoms with Gasteiger partial charge in [-0.1, -0.05) is 6.07 Å². The van der Waals surface area contributed by atoms with Crippen LogP contribution in [0.3, 0.4) is 0 Å². The average Bonchev–Trinajstić information content (AvgIpc) is 2.32. The zero-order chi connectivity index (χ0) is 12.3. The van der Waals surface area contributed by atoms with Gasteiger partial charge in [-0.3, -0.25) is 4.90 Å². The van der Waals surface area contributed by atoms with Crippen LogP contribution in [0.2, 0.25) is 0 Å². The lowest BCUT2D eigenvalue weighted by Gasteiger charge is -2.30. The Morgan fingerprint density at radius 2 is 2.35 bits per heavy atom. The molecule has 1 saturated heterocycles. The van der Waals surface area contributed by atoms with Gasteiger partial charge in [0, 0.05) is 24.7 Å². The molecule has 1 aliphatic heterocycles. The van der Waals surface area contributed by atoms with Crippen LogP contribution in [0.4, 0.5) is 4.39 Å². The number of likely N-dealkylation sites (tertiary alicyclic amines) is 1. The summed E-state index contributed by atoms with van der Waals surface area (Å²) in [6.45, 7) is 2.10. The van der Waals surface area contributed by atoms with Crippen LogP contribution >= 0.6 is 0 Å². The lowest BCUT2D eigenvalue weighted by molar-refractivity contribution is 0.0662. The predicted molar refractivity (Wildman–Crippen MR) is 63.5 cm³/mol. The smallest absolute Gasteiger partial charge is 0.131 e. The first kappa shape index (κ1) is 12.3. The number of rotatable bonds is 3. The van der Waals surface area contributed by atoms with Crippen molar-refractivity contribution in [3.8, 4) is 5.75 Å². The van der Waals surface area contributed by atoms with E-state index in [0.717, 1.165) is 19.4 Å². The third-order valence-corrected chi connectivity index (χ3v) is 3.13. The van der Waals surface area contributed by atoms with E-state index in [1.807, 2.05) is 0 Å². The number of hydrogen-bond acceptors (Lipinski definition) is 3. The zero-order valence-corrected chi connectivity index (χ0v) is 10.0. The minimum absolute atomic E-state index is 0.246. The van der Waals surface area contributed by atoms with Crippen LogP contribution in [0.25, 0.3) is 0 Å². The van der Waals surface area contributed by atoms with Crippen molar-refractivity contribution in [1.29, 1.82) is 0 Å². The minimum atomic E-state index is -0.273. The maximum Gasteiger partial charge on any atom is 0.131 e. The van der Waals surface area contributed by atoms with Crippen molar-refractivity contribution < 1.29 is 14.2 Å². The number of ether oxygens (including phenoxy) is 1. The molecule has 1 atom stereocenters. The molecule has 0 spiro atoms. The van der Waals surface area contributed by atoms with Gasteiger partial charge in [-0.05, 0) is 25.5 Å². The SMILES string of the molecule is COc1ccc(CN2CCCC(O)C2)c(F)c1. The van der Waals surface area contributed by atoms with Gasteiger partial charge in [0.1, 0.15) is 11.6 Å². The van der Waals surface area contributed by atoms with Crippen LogP contribution in [-0.4, -0.2) is 36.3 Å². The summed E-state index contributed by atoms with van der Waals surface area (Å²) in [5.74, 6) is 0.286. The fraction of sp³-hybridized carbons (Fsp3) is 0.538. The minimum Gasteiger partial charge on any atom is -0.497 e. The third kappa shape index (κ3) is 3.17. The topological polar surface area (TPSA) is 32.7 Å². The Balaban J connectivity index is 2.02. The Morgan fingerprint density at radius 1 is 1.53 bits per heavy atom. The molecule has 0 aliphatic carbocycles. The highest BCUT2D eigenvalue weighted by molar-refractivity contribution is 5.28. The average molecular weight is 239 g/mol. The lowest BCUT2D eigenvalue weighted by Crippen LogP contribution is -2.37. The molecule has 1 aromatic carbocycles. The number of piperidine rings is 1. The van der Waals surface area contributed by atoms with E-state index in [4.69, 9.17) is 4.74 Å². The number of halogens is 1. The van der Waals surface area contributed by atoms with Gasteiger partial charge in [0.2, 0.25) is 0 Å². The van der Waals surface area contributed by atoms with E-state index in [0.29, 0.717) is 24.4 Å². The summed E-state index contributed by atoms with van der Waals surface area (Å²) in [6, 6.07) is 4.91. The molecule has 17 heavy (non-hydrogen) atoms. The van der Waals surface area contributed by atoms with Crippen molar-refractivity contribution in [2.45, 2.75) is 25.5 Å². The first-order valence-electron chi connectivity index (χ1n) is 5.92. The zero-order valence-electron chi connectivity index (χ0n) is 10.0. The molecule has 1 unspecified atom stereocenters. The molecule has 0 aromatic heterocycles. The first-order valence-corrected chi connectivity index (χ1v) is 5.92. The van der Waals surface area contributed by atoms with E-state index in [1.165, 1.54) is 13.2 Å². The van der Waals surface area contributed by atoms with E-state index in [1.54, 1.807) is 12.1 Å². The monoisotopic (exact) mass is 239 g/mol. The van der Waals surface area contributed by atoms with Crippen LogP contribution in [0, 0.1) is 5.82 Å². The number of β-amino-alcohol motifs (C(OH)–C–C–N with tert-alkyl or cyclic N) is 1. The molecule has 0 radical (unpaired) electrons. The molecule has 1 aliphatic rings. The summed E-state index contributed by atoms with van der Waals surface area (Å²) in [4.78, 5) is 2.08. The van der Waals surface area contributed by atoms with E-state index >= 15 is 0 Å². The van der Waals surface area contributed by atoms with Gasteiger partial charge in [0.05, 0.1) is 13.2 Å². The molecular weight excluding hydrogens is 221 g/mol. The summed E-state index contributed by atoms with van der Waals surface area (Å²) >= 11 is 0. The number of aliphatic hydroxyl groups is 1. The van der Waals surface area contributed by atoms with Crippen molar-refractivity contribution in [2.24, 2.45) is 0 Å². The lowest BCUT2D eigenvalue weighted by atomic mass is 10.1. The molecule has 1 heterocycles. The van der Waals surface area contributed by atoms with Gasteiger partial charge in [-0.25, -0.2) is 4.39 Å². The largest absolute Gasteiger partial charge is 0.497 e. The number of nitrogens with zero attached hydrogens (tertiary/aromatic N) is 1. The Labute approximate surface area is 101 Å². The van der Waals surface area contributed by atoms with Gasteiger partial charge in [0.15, 0.2) is 0 Å². The molecule has 0 amide bonds. The Kier molecular flexibility index (Phi) is 3.97. The van der Waals surface area contributed by atoms with Crippen molar-refractivity contribution in [3.05, 3.63) is 29.6 Å². The summed E-state index contributed by atoms with van der Waals surface area (Å²) in [5.41, 5.74) is 0.653. The number of aliphatic hydroxyl groups excluding tert-OH is 1. The molecule has 1 N–H and O–H groups in total. The van der Waals surface area contributed by atoms with E-state index in [9.17, 15) is 9.50 Å². The molecule has 4 heteroatoms. The van der Waals surface area contributed by atoms with E-state index in [-0.39, 0.29) is 11.9 Å². The summed E-state index contributed by atoms with van der Waals surface area (Å²) in [7, 11) is 1.52. The van der Waals surface area contributed by atoms with Gasteiger partial charge in [0.25, 0.3) is 0 Å². The Hall–Kier alpha value is -1.13. The quantitative estimate of drug-likeness (QED) is 0.873. The van der Waals surface area contributed by atoms with E-state index in [2.05, 4.69) is 4.90 Å².